The minimum atomic E-state index is -1.16. The molecule has 8 heteroatoms. The molecule has 0 radical (unpaired) electrons. The highest BCUT2D eigenvalue weighted by atomic mass is 32.2. The summed E-state index contributed by atoms with van der Waals surface area (Å²) < 4.78 is 1.57. The summed E-state index contributed by atoms with van der Waals surface area (Å²) in [6, 6.07) is 0. The number of carboxylic acids is 1. The molecule has 2 N–H and O–H groups in total. The molecule has 0 aromatic carbocycles. The number of nitrogens with zero attached hydrogens (tertiary/aromatic N) is 3. The number of aliphatic carboxylic acids is 1. The van der Waals surface area contributed by atoms with Crippen molar-refractivity contribution in [1.29, 1.82) is 0 Å². The van der Waals surface area contributed by atoms with Crippen LogP contribution in [0.5, 0.6) is 0 Å². The molecule has 3 atom stereocenters. The van der Waals surface area contributed by atoms with E-state index in [1.54, 1.807) is 10.8 Å². The van der Waals surface area contributed by atoms with Gasteiger partial charge in [-0.3, -0.25) is 14.3 Å². The van der Waals surface area contributed by atoms with Gasteiger partial charge in [0, 0.05) is 12.4 Å². The van der Waals surface area contributed by atoms with Crippen LogP contribution in [0.15, 0.2) is 24.4 Å². The van der Waals surface area contributed by atoms with Gasteiger partial charge in [0.25, 0.3) is 0 Å². The van der Waals surface area contributed by atoms with Gasteiger partial charge in [-0.25, -0.2) is 9.78 Å². The molecule has 0 saturated carbocycles. The van der Waals surface area contributed by atoms with Crippen LogP contribution in [-0.2, 0) is 9.59 Å². The lowest BCUT2D eigenvalue weighted by molar-refractivity contribution is -0.156. The summed E-state index contributed by atoms with van der Waals surface area (Å²) in [7, 11) is 0. The number of hydrogen-bond acceptors (Lipinski definition) is 5. The number of β-lactam (4-membered cyclic amide) rings is 1. The van der Waals surface area contributed by atoms with E-state index in [2.05, 4.69) is 4.98 Å². The molecule has 0 bridgehead atoms. The zero-order valence-electron chi connectivity index (χ0n) is 9.92. The Bertz CT molecular complexity index is 581. The topological polar surface area (TPSA) is 95.7 Å². The smallest absolute Gasteiger partial charge is 0.355 e. The number of carbonyl (C=O) groups excluding carboxylic acids is 1. The van der Waals surface area contributed by atoms with Gasteiger partial charge in [0.2, 0.25) is 5.91 Å². The van der Waals surface area contributed by atoms with Gasteiger partial charge in [-0.15, -0.1) is 0 Å². The highest BCUT2D eigenvalue weighted by Crippen LogP contribution is 2.51. The molecule has 2 aliphatic heterocycles. The molecule has 1 amide bonds. The summed E-state index contributed by atoms with van der Waals surface area (Å²) in [5, 5.41) is 19.0. The van der Waals surface area contributed by atoms with E-state index in [0.717, 1.165) is 0 Å². The number of carboxylic acid groups (broad SMARTS) is 1. The third kappa shape index (κ3) is 1.60. The van der Waals surface area contributed by atoms with Gasteiger partial charge in [-0.05, 0) is 6.92 Å². The molecule has 19 heavy (non-hydrogen) atoms. The van der Waals surface area contributed by atoms with Crippen LogP contribution in [-0.4, -0.2) is 48.0 Å². The summed E-state index contributed by atoms with van der Waals surface area (Å²) in [5.41, 5.74) is -0.0464. The fourth-order valence-corrected chi connectivity index (χ4v) is 3.89. The minimum absolute atomic E-state index is 0.0464. The van der Waals surface area contributed by atoms with E-state index in [1.165, 1.54) is 36.1 Å². The minimum Gasteiger partial charge on any atom is -0.476 e. The van der Waals surface area contributed by atoms with E-state index < -0.39 is 18.0 Å². The van der Waals surface area contributed by atoms with E-state index in [0.29, 0.717) is 5.03 Å². The molecule has 0 spiro atoms. The molecule has 3 rings (SSSR count). The SMILES string of the molecule is CC(O)[C@H]1C(=O)N2C(C(=O)O)=C(n3ccnc3)S[C@H]12. The summed E-state index contributed by atoms with van der Waals surface area (Å²) in [4.78, 5) is 28.4. The first-order valence-electron chi connectivity index (χ1n) is 5.66. The van der Waals surface area contributed by atoms with Crippen LogP contribution in [0.2, 0.25) is 0 Å². The Morgan fingerprint density at radius 2 is 2.32 bits per heavy atom. The fourth-order valence-electron chi connectivity index (χ4n) is 2.32. The third-order valence-electron chi connectivity index (χ3n) is 3.22. The number of aromatic nitrogens is 2. The summed E-state index contributed by atoms with van der Waals surface area (Å²) >= 11 is 1.26. The van der Waals surface area contributed by atoms with Gasteiger partial charge in [0.05, 0.1) is 18.3 Å². The first-order chi connectivity index (χ1) is 9.02. The van der Waals surface area contributed by atoms with Crippen molar-refractivity contribution in [3.05, 3.63) is 24.4 Å². The van der Waals surface area contributed by atoms with Crippen LogP contribution in [0.4, 0.5) is 0 Å². The zero-order chi connectivity index (χ0) is 13.7. The predicted octanol–water partition coefficient (Wildman–Crippen LogP) is 0.00590. The van der Waals surface area contributed by atoms with Gasteiger partial charge < -0.3 is 10.2 Å². The van der Waals surface area contributed by atoms with Crippen LogP contribution in [0.3, 0.4) is 0 Å². The number of thioether (sulfide) groups is 1. The summed E-state index contributed by atoms with van der Waals surface area (Å²) in [6.45, 7) is 1.54. The lowest BCUT2D eigenvalue weighted by atomic mass is 9.92. The Morgan fingerprint density at radius 3 is 2.84 bits per heavy atom. The molecule has 1 saturated heterocycles. The van der Waals surface area contributed by atoms with Crippen LogP contribution in [0.25, 0.3) is 5.03 Å². The number of fused-ring (bicyclic) bond motifs is 1. The van der Waals surface area contributed by atoms with Gasteiger partial charge in [0.1, 0.15) is 10.4 Å². The lowest BCUT2D eigenvalue weighted by Gasteiger charge is -2.43. The van der Waals surface area contributed by atoms with E-state index in [-0.39, 0.29) is 17.0 Å². The zero-order valence-corrected chi connectivity index (χ0v) is 10.7. The maximum Gasteiger partial charge on any atom is 0.355 e. The molecule has 0 aliphatic carbocycles. The molecule has 7 nitrogen and oxygen atoms in total. The molecule has 1 unspecified atom stereocenters. The number of rotatable bonds is 3. The highest BCUT2D eigenvalue weighted by molar-refractivity contribution is 8.08. The van der Waals surface area contributed by atoms with Crippen molar-refractivity contribution >= 4 is 28.7 Å². The number of carbonyl (C=O) groups is 2. The number of imidazole rings is 1. The Balaban J connectivity index is 2.01. The van der Waals surface area contributed by atoms with Gasteiger partial charge in [0.15, 0.2) is 5.70 Å². The molecule has 3 heterocycles. The van der Waals surface area contributed by atoms with Crippen molar-refractivity contribution in [2.75, 3.05) is 0 Å². The molecule has 100 valence electrons. The maximum absolute atomic E-state index is 11.9. The molecule has 1 aromatic rings. The van der Waals surface area contributed by atoms with Crippen LogP contribution >= 0.6 is 11.8 Å². The average molecular weight is 281 g/mol. The van der Waals surface area contributed by atoms with Crippen molar-refractivity contribution < 1.29 is 19.8 Å². The molecule has 2 aliphatic rings. The van der Waals surface area contributed by atoms with E-state index in [1.807, 2.05) is 0 Å². The van der Waals surface area contributed by atoms with E-state index >= 15 is 0 Å². The summed E-state index contributed by atoms with van der Waals surface area (Å²) in [6.07, 6.45) is 3.85. The van der Waals surface area contributed by atoms with Gasteiger partial charge in [-0.1, -0.05) is 11.8 Å². The van der Waals surface area contributed by atoms with Crippen LogP contribution in [0, 0.1) is 5.92 Å². The second-order valence-corrected chi connectivity index (χ2v) is 5.52. The third-order valence-corrected chi connectivity index (χ3v) is 4.59. The number of amides is 1. The predicted molar refractivity (Wildman–Crippen MR) is 66.5 cm³/mol. The fraction of sp³-hybridized carbons (Fsp3) is 0.364. The number of aliphatic hydroxyl groups is 1. The van der Waals surface area contributed by atoms with Crippen molar-refractivity contribution in [2.45, 2.75) is 18.4 Å². The monoisotopic (exact) mass is 281 g/mol. The van der Waals surface area contributed by atoms with Gasteiger partial charge >= 0.3 is 5.97 Å². The van der Waals surface area contributed by atoms with Crippen LogP contribution in [0.1, 0.15) is 6.92 Å². The van der Waals surface area contributed by atoms with Crippen molar-refractivity contribution in [2.24, 2.45) is 5.92 Å². The maximum atomic E-state index is 11.9. The Kier molecular flexibility index (Phi) is 2.64. The molecular weight excluding hydrogens is 270 g/mol. The number of hydrogen-bond donors (Lipinski definition) is 2. The Morgan fingerprint density at radius 1 is 1.58 bits per heavy atom. The Labute approximate surface area is 112 Å². The van der Waals surface area contributed by atoms with E-state index in [4.69, 9.17) is 0 Å². The Hall–Kier alpha value is -1.80. The molecular formula is C11H11N3O4S. The quantitative estimate of drug-likeness (QED) is 0.758. The normalized spacial score (nSPS) is 27.3. The summed E-state index contributed by atoms with van der Waals surface area (Å²) in [5.74, 6) is -2.06. The second-order valence-electron chi connectivity index (χ2n) is 4.41. The largest absolute Gasteiger partial charge is 0.476 e. The van der Waals surface area contributed by atoms with Gasteiger partial charge in [-0.2, -0.15) is 0 Å². The van der Waals surface area contributed by atoms with Crippen molar-refractivity contribution in [1.82, 2.24) is 14.5 Å². The standard InChI is InChI=1S/C11H11N3O4S/c1-5(15)6-8(16)14-7(11(17)18)10(19-9(6)14)13-3-2-12-4-13/h2-6,9,15H,1H3,(H,17,18)/t5?,6-,9+/m0/s1. The lowest BCUT2D eigenvalue weighted by Crippen LogP contribution is -2.60. The average Bonchev–Trinajstić information content (AvgIpc) is 2.92. The highest BCUT2D eigenvalue weighted by Gasteiger charge is 2.58. The molecule has 1 fully saturated rings. The van der Waals surface area contributed by atoms with Crippen LogP contribution < -0.4 is 0 Å². The number of aliphatic hydroxyl groups excluding tert-OH is 1. The first-order valence-corrected chi connectivity index (χ1v) is 6.54. The van der Waals surface area contributed by atoms with E-state index in [9.17, 15) is 19.8 Å². The second kappa shape index (κ2) is 4.10. The molecule has 1 aromatic heterocycles. The first kappa shape index (κ1) is 12.2. The van der Waals surface area contributed by atoms with Crippen molar-refractivity contribution in [3.8, 4) is 0 Å². The van der Waals surface area contributed by atoms with Crippen molar-refractivity contribution in [3.63, 3.8) is 0 Å².